The molecular weight excluding hydrogens is 276 g/mol. The van der Waals surface area contributed by atoms with Gasteiger partial charge in [0.25, 0.3) is 0 Å². The molecule has 2 rings (SSSR count). The number of aliphatic hydroxyl groups is 1. The van der Waals surface area contributed by atoms with Crippen LogP contribution in [0, 0.1) is 11.3 Å². The second-order valence-electron chi connectivity index (χ2n) is 6.07. The summed E-state index contributed by atoms with van der Waals surface area (Å²) < 4.78 is 29.5. The number of hydrogen-bond acceptors (Lipinski definition) is 3. The fourth-order valence-corrected chi connectivity index (χ4v) is 3.17. The van der Waals surface area contributed by atoms with Crippen LogP contribution in [0.15, 0.2) is 24.3 Å². The lowest BCUT2D eigenvalue weighted by atomic mass is 9.66. The van der Waals surface area contributed by atoms with Crippen LogP contribution in [0.4, 0.5) is 8.78 Å². The maximum absolute atomic E-state index is 12.5. The second-order valence-corrected chi connectivity index (χ2v) is 6.07. The summed E-state index contributed by atoms with van der Waals surface area (Å²) in [5, 5.41) is 10.8. The van der Waals surface area contributed by atoms with Gasteiger partial charge in [-0.1, -0.05) is 38.0 Å². The van der Waals surface area contributed by atoms with E-state index in [2.05, 4.69) is 11.7 Å². The highest BCUT2D eigenvalue weighted by molar-refractivity contribution is 5.36. The lowest BCUT2D eigenvalue weighted by Crippen LogP contribution is -2.40. The molecule has 3 N–H and O–H groups in total. The molecule has 0 radical (unpaired) electrons. The van der Waals surface area contributed by atoms with Crippen molar-refractivity contribution >= 4 is 0 Å². The number of rotatable bonds is 5. The fourth-order valence-electron chi connectivity index (χ4n) is 3.17. The highest BCUT2D eigenvalue weighted by Gasteiger charge is 2.41. The van der Waals surface area contributed by atoms with Gasteiger partial charge in [0.2, 0.25) is 0 Å². The standard InChI is InChI=1S/C16H23F2NO2/c1-11-6-8-16(10-19,9-7-11)14(20)12-4-2-3-5-13(12)21-15(17)18/h2-5,11,14-15,20H,6-10,19H2,1H3. The smallest absolute Gasteiger partial charge is 0.387 e. The minimum atomic E-state index is -2.90. The number of hydrogen-bond donors (Lipinski definition) is 2. The molecule has 0 amide bonds. The molecule has 1 aliphatic carbocycles. The average molecular weight is 299 g/mol. The number of aliphatic hydroxyl groups excluding tert-OH is 1. The van der Waals surface area contributed by atoms with E-state index >= 15 is 0 Å². The Morgan fingerprint density at radius 1 is 1.33 bits per heavy atom. The van der Waals surface area contributed by atoms with Gasteiger partial charge < -0.3 is 15.6 Å². The van der Waals surface area contributed by atoms with E-state index in [0.29, 0.717) is 18.0 Å². The lowest BCUT2D eigenvalue weighted by Gasteiger charge is -2.42. The maximum atomic E-state index is 12.5. The summed E-state index contributed by atoms with van der Waals surface area (Å²) in [4.78, 5) is 0. The van der Waals surface area contributed by atoms with Crippen LogP contribution in [0.25, 0.3) is 0 Å². The Hall–Kier alpha value is -1.20. The van der Waals surface area contributed by atoms with E-state index in [1.807, 2.05) is 0 Å². The first-order valence-corrected chi connectivity index (χ1v) is 7.40. The van der Waals surface area contributed by atoms with Crippen LogP contribution in [0.2, 0.25) is 0 Å². The zero-order valence-electron chi connectivity index (χ0n) is 12.3. The van der Waals surface area contributed by atoms with Crippen molar-refractivity contribution in [2.45, 2.75) is 45.3 Å². The highest BCUT2D eigenvalue weighted by atomic mass is 19.3. The van der Waals surface area contributed by atoms with Gasteiger partial charge in [0, 0.05) is 17.5 Å². The maximum Gasteiger partial charge on any atom is 0.387 e. The van der Waals surface area contributed by atoms with Crippen LogP contribution in [-0.4, -0.2) is 18.3 Å². The molecule has 1 unspecified atom stereocenters. The first-order valence-electron chi connectivity index (χ1n) is 7.40. The summed E-state index contributed by atoms with van der Waals surface area (Å²) in [7, 11) is 0. The van der Waals surface area contributed by atoms with E-state index in [0.717, 1.165) is 25.7 Å². The molecule has 0 aromatic heterocycles. The molecule has 21 heavy (non-hydrogen) atoms. The van der Waals surface area contributed by atoms with E-state index in [9.17, 15) is 13.9 Å². The van der Waals surface area contributed by atoms with Crippen molar-refractivity contribution in [3.63, 3.8) is 0 Å². The molecule has 1 atom stereocenters. The normalized spacial score (nSPS) is 27.6. The molecule has 1 saturated carbocycles. The fraction of sp³-hybridized carbons (Fsp3) is 0.625. The predicted molar refractivity (Wildman–Crippen MR) is 77.2 cm³/mol. The lowest BCUT2D eigenvalue weighted by molar-refractivity contribution is -0.0560. The van der Waals surface area contributed by atoms with Gasteiger partial charge in [-0.05, 0) is 24.8 Å². The molecule has 0 bridgehead atoms. The first-order chi connectivity index (χ1) is 9.98. The number of nitrogens with two attached hydrogens (primary N) is 1. The second kappa shape index (κ2) is 6.71. The summed E-state index contributed by atoms with van der Waals surface area (Å²) in [6.45, 7) is -0.386. The van der Waals surface area contributed by atoms with Crippen molar-refractivity contribution in [3.05, 3.63) is 29.8 Å². The van der Waals surface area contributed by atoms with Crippen molar-refractivity contribution in [2.75, 3.05) is 6.54 Å². The number of halogens is 2. The van der Waals surface area contributed by atoms with E-state index in [1.165, 1.54) is 6.07 Å². The van der Waals surface area contributed by atoms with Crippen LogP contribution in [0.1, 0.15) is 44.3 Å². The van der Waals surface area contributed by atoms with Crippen LogP contribution in [0.3, 0.4) is 0 Å². The van der Waals surface area contributed by atoms with Crippen molar-refractivity contribution < 1.29 is 18.6 Å². The third kappa shape index (κ3) is 3.52. The largest absolute Gasteiger partial charge is 0.434 e. The summed E-state index contributed by atoms with van der Waals surface area (Å²) in [6.07, 6.45) is 2.70. The SMILES string of the molecule is CC1CCC(CN)(C(O)c2ccccc2OC(F)F)CC1. The molecule has 5 heteroatoms. The number of alkyl halides is 2. The van der Waals surface area contributed by atoms with Crippen LogP contribution in [0.5, 0.6) is 5.75 Å². The third-order valence-electron chi connectivity index (χ3n) is 4.69. The third-order valence-corrected chi connectivity index (χ3v) is 4.69. The minimum absolute atomic E-state index is 0.0337. The van der Waals surface area contributed by atoms with Crippen LogP contribution < -0.4 is 10.5 Å². The van der Waals surface area contributed by atoms with Gasteiger partial charge in [0.15, 0.2) is 0 Å². The van der Waals surface area contributed by atoms with Crippen LogP contribution in [-0.2, 0) is 0 Å². The molecule has 0 saturated heterocycles. The first kappa shape index (κ1) is 16.2. The molecule has 3 nitrogen and oxygen atoms in total. The summed E-state index contributed by atoms with van der Waals surface area (Å²) in [6, 6.07) is 6.43. The Morgan fingerprint density at radius 2 is 1.95 bits per heavy atom. The van der Waals surface area contributed by atoms with Crippen molar-refractivity contribution in [2.24, 2.45) is 17.1 Å². The number of para-hydroxylation sites is 1. The van der Waals surface area contributed by atoms with Crippen molar-refractivity contribution in [1.82, 2.24) is 0 Å². The van der Waals surface area contributed by atoms with Gasteiger partial charge in [-0.2, -0.15) is 8.78 Å². The Bertz CT molecular complexity index is 459. The Balaban J connectivity index is 2.27. The molecule has 0 aliphatic heterocycles. The molecule has 1 aromatic carbocycles. The molecule has 0 heterocycles. The Kier molecular flexibility index (Phi) is 5.17. The van der Waals surface area contributed by atoms with Crippen molar-refractivity contribution in [3.8, 4) is 5.75 Å². The zero-order chi connectivity index (χ0) is 15.5. The van der Waals surface area contributed by atoms with Gasteiger partial charge in [-0.15, -0.1) is 0 Å². The molecule has 1 fully saturated rings. The Morgan fingerprint density at radius 3 is 2.52 bits per heavy atom. The minimum Gasteiger partial charge on any atom is -0.434 e. The number of benzene rings is 1. The summed E-state index contributed by atoms with van der Waals surface area (Å²) >= 11 is 0. The van der Waals surface area contributed by atoms with E-state index in [1.54, 1.807) is 18.2 Å². The molecule has 118 valence electrons. The highest BCUT2D eigenvalue weighted by Crippen LogP contribution is 2.48. The van der Waals surface area contributed by atoms with E-state index in [-0.39, 0.29) is 5.75 Å². The molecule has 0 spiro atoms. The van der Waals surface area contributed by atoms with E-state index in [4.69, 9.17) is 5.73 Å². The summed E-state index contributed by atoms with van der Waals surface area (Å²) in [5.41, 5.74) is 5.87. The molecule has 1 aliphatic rings. The van der Waals surface area contributed by atoms with E-state index < -0.39 is 18.1 Å². The molecule has 1 aromatic rings. The average Bonchev–Trinajstić information content (AvgIpc) is 2.48. The van der Waals surface area contributed by atoms with Gasteiger partial charge in [0.05, 0.1) is 6.10 Å². The monoisotopic (exact) mass is 299 g/mol. The van der Waals surface area contributed by atoms with Gasteiger partial charge in [-0.25, -0.2) is 0 Å². The van der Waals surface area contributed by atoms with Gasteiger partial charge in [-0.3, -0.25) is 0 Å². The predicted octanol–water partition coefficient (Wildman–Crippen LogP) is 3.48. The molecular formula is C16H23F2NO2. The van der Waals surface area contributed by atoms with Gasteiger partial charge >= 0.3 is 6.61 Å². The zero-order valence-corrected chi connectivity index (χ0v) is 12.3. The van der Waals surface area contributed by atoms with Crippen molar-refractivity contribution in [1.29, 1.82) is 0 Å². The number of ether oxygens (including phenoxy) is 1. The quantitative estimate of drug-likeness (QED) is 0.875. The Labute approximate surface area is 124 Å². The topological polar surface area (TPSA) is 55.5 Å². The van der Waals surface area contributed by atoms with Crippen LogP contribution >= 0.6 is 0 Å². The summed E-state index contributed by atoms with van der Waals surface area (Å²) in [5.74, 6) is 0.649. The van der Waals surface area contributed by atoms with Gasteiger partial charge in [0.1, 0.15) is 5.75 Å².